The van der Waals surface area contributed by atoms with E-state index in [2.05, 4.69) is 18.4 Å². The van der Waals surface area contributed by atoms with Crippen LogP contribution in [0.25, 0.3) is 11.0 Å². The zero-order valence-electron chi connectivity index (χ0n) is 11.3. The first kappa shape index (κ1) is 13.2. The summed E-state index contributed by atoms with van der Waals surface area (Å²) in [6, 6.07) is 9.94. The van der Waals surface area contributed by atoms with Gasteiger partial charge in [-0.3, -0.25) is 5.84 Å². The van der Waals surface area contributed by atoms with Crippen molar-refractivity contribution in [2.75, 3.05) is 7.11 Å². The highest BCUT2D eigenvalue weighted by molar-refractivity contribution is 7.10. The molecule has 0 amide bonds. The first-order valence-corrected chi connectivity index (χ1v) is 7.18. The molecule has 0 aliphatic heterocycles. The van der Waals surface area contributed by atoms with Gasteiger partial charge in [0.05, 0.1) is 7.11 Å². The summed E-state index contributed by atoms with van der Waals surface area (Å²) in [5, 5.41) is 3.04. The third-order valence-electron chi connectivity index (χ3n) is 3.26. The van der Waals surface area contributed by atoms with Gasteiger partial charge in [-0.1, -0.05) is 11.6 Å². The maximum atomic E-state index is 5.90. The molecule has 0 bridgehead atoms. The molecular formula is C15H16N2O2S. The number of nitrogens with two attached hydrogens (primary N) is 1. The predicted molar refractivity (Wildman–Crippen MR) is 81.0 cm³/mol. The fourth-order valence-corrected chi connectivity index (χ4v) is 3.14. The van der Waals surface area contributed by atoms with Gasteiger partial charge in [-0.25, -0.2) is 5.43 Å². The number of hydrogen-bond acceptors (Lipinski definition) is 5. The number of furan rings is 1. The SMILES string of the molecule is COc1csc(C(NN)c2cc3cc(C)ccc3o2)c1. The zero-order valence-corrected chi connectivity index (χ0v) is 12.2. The molecule has 3 aromatic rings. The fourth-order valence-electron chi connectivity index (χ4n) is 2.22. The summed E-state index contributed by atoms with van der Waals surface area (Å²) in [7, 11) is 1.65. The molecule has 1 unspecified atom stereocenters. The van der Waals surface area contributed by atoms with E-state index in [1.165, 1.54) is 5.56 Å². The topological polar surface area (TPSA) is 60.4 Å². The number of nitrogens with one attached hydrogen (secondary N) is 1. The van der Waals surface area contributed by atoms with Gasteiger partial charge in [0.15, 0.2) is 0 Å². The normalized spacial score (nSPS) is 12.8. The third kappa shape index (κ3) is 2.31. The molecule has 0 fully saturated rings. The molecule has 0 aliphatic rings. The van der Waals surface area contributed by atoms with Crippen LogP contribution < -0.4 is 16.0 Å². The third-order valence-corrected chi connectivity index (χ3v) is 4.23. The molecule has 20 heavy (non-hydrogen) atoms. The van der Waals surface area contributed by atoms with E-state index < -0.39 is 0 Å². The van der Waals surface area contributed by atoms with Gasteiger partial charge in [-0.05, 0) is 31.2 Å². The van der Waals surface area contributed by atoms with Crippen molar-refractivity contribution in [2.24, 2.45) is 5.84 Å². The number of hydrazine groups is 1. The van der Waals surface area contributed by atoms with Crippen molar-refractivity contribution < 1.29 is 9.15 Å². The quantitative estimate of drug-likeness (QED) is 0.571. The summed E-state index contributed by atoms with van der Waals surface area (Å²) in [6.07, 6.45) is 0. The molecule has 0 radical (unpaired) electrons. The van der Waals surface area contributed by atoms with Gasteiger partial charge in [-0.15, -0.1) is 11.3 Å². The van der Waals surface area contributed by atoms with Crippen LogP contribution in [-0.2, 0) is 0 Å². The summed E-state index contributed by atoms with van der Waals surface area (Å²) in [5.74, 6) is 7.33. The average Bonchev–Trinajstić information content (AvgIpc) is 3.06. The number of ether oxygens (including phenoxy) is 1. The van der Waals surface area contributed by atoms with Gasteiger partial charge in [0.25, 0.3) is 0 Å². The van der Waals surface area contributed by atoms with Crippen LogP contribution in [0, 0.1) is 6.92 Å². The summed E-state index contributed by atoms with van der Waals surface area (Å²) >= 11 is 1.59. The van der Waals surface area contributed by atoms with Gasteiger partial charge in [0.1, 0.15) is 23.1 Å². The van der Waals surface area contributed by atoms with Crippen LogP contribution in [0.3, 0.4) is 0 Å². The summed E-state index contributed by atoms with van der Waals surface area (Å²) < 4.78 is 11.1. The van der Waals surface area contributed by atoms with Crippen molar-refractivity contribution in [1.29, 1.82) is 0 Å². The molecule has 3 N–H and O–H groups in total. The average molecular weight is 288 g/mol. The second-order valence-electron chi connectivity index (χ2n) is 4.68. The van der Waals surface area contributed by atoms with E-state index in [9.17, 15) is 0 Å². The highest BCUT2D eigenvalue weighted by Gasteiger charge is 2.19. The molecule has 3 rings (SSSR count). The lowest BCUT2D eigenvalue weighted by atomic mass is 10.1. The van der Waals surface area contributed by atoms with Crippen LogP contribution in [0.5, 0.6) is 5.75 Å². The number of benzene rings is 1. The van der Waals surface area contributed by atoms with Gasteiger partial charge in [0.2, 0.25) is 0 Å². The van der Waals surface area contributed by atoms with E-state index in [0.717, 1.165) is 27.4 Å². The molecule has 0 saturated heterocycles. The van der Waals surface area contributed by atoms with Gasteiger partial charge in [-0.2, -0.15) is 0 Å². The smallest absolute Gasteiger partial charge is 0.134 e. The standard InChI is InChI=1S/C15H16N2O2S/c1-9-3-4-12-10(5-9)6-13(19-12)15(17-16)14-7-11(18-2)8-20-14/h3-8,15,17H,16H2,1-2H3. The zero-order chi connectivity index (χ0) is 14.1. The molecule has 2 heterocycles. The second kappa shape index (κ2) is 5.28. The van der Waals surface area contributed by atoms with Crippen molar-refractivity contribution in [1.82, 2.24) is 5.43 Å². The lowest BCUT2D eigenvalue weighted by Crippen LogP contribution is -2.27. The Hall–Kier alpha value is -1.82. The van der Waals surface area contributed by atoms with Crippen LogP contribution in [0.4, 0.5) is 0 Å². The number of thiophene rings is 1. The molecule has 1 aromatic carbocycles. The monoisotopic (exact) mass is 288 g/mol. The number of fused-ring (bicyclic) bond motifs is 1. The maximum Gasteiger partial charge on any atom is 0.134 e. The summed E-state index contributed by atoms with van der Waals surface area (Å²) in [5.41, 5.74) is 4.89. The molecule has 5 heteroatoms. The molecule has 2 aromatic heterocycles. The number of aryl methyl sites for hydroxylation is 1. The second-order valence-corrected chi connectivity index (χ2v) is 5.62. The molecule has 0 aliphatic carbocycles. The minimum atomic E-state index is -0.170. The Morgan fingerprint density at radius 1 is 1.30 bits per heavy atom. The maximum absolute atomic E-state index is 5.90. The van der Waals surface area contributed by atoms with Crippen molar-refractivity contribution in [3.63, 3.8) is 0 Å². The van der Waals surface area contributed by atoms with Crippen LogP contribution in [0.15, 0.2) is 40.1 Å². The molecule has 0 saturated carbocycles. The first-order valence-electron chi connectivity index (χ1n) is 6.30. The van der Waals surface area contributed by atoms with Crippen molar-refractivity contribution in [3.05, 3.63) is 51.9 Å². The van der Waals surface area contributed by atoms with E-state index in [-0.39, 0.29) is 6.04 Å². The molecule has 4 nitrogen and oxygen atoms in total. The Kier molecular flexibility index (Phi) is 3.48. The molecular weight excluding hydrogens is 272 g/mol. The number of hydrogen-bond donors (Lipinski definition) is 2. The van der Waals surface area contributed by atoms with Crippen LogP contribution in [0.1, 0.15) is 22.2 Å². The Morgan fingerprint density at radius 3 is 2.85 bits per heavy atom. The largest absolute Gasteiger partial charge is 0.496 e. The van der Waals surface area contributed by atoms with Gasteiger partial charge in [0, 0.05) is 15.6 Å². The fraction of sp³-hybridized carbons (Fsp3) is 0.200. The molecule has 104 valence electrons. The van der Waals surface area contributed by atoms with E-state index in [0.29, 0.717) is 0 Å². The first-order chi connectivity index (χ1) is 9.71. The van der Waals surface area contributed by atoms with Crippen molar-refractivity contribution in [3.8, 4) is 5.75 Å². The van der Waals surface area contributed by atoms with Crippen LogP contribution >= 0.6 is 11.3 Å². The number of rotatable bonds is 4. The highest BCUT2D eigenvalue weighted by Crippen LogP contribution is 2.33. The van der Waals surface area contributed by atoms with Crippen molar-refractivity contribution in [2.45, 2.75) is 13.0 Å². The Balaban J connectivity index is 2.02. The van der Waals surface area contributed by atoms with E-state index in [1.54, 1.807) is 18.4 Å². The summed E-state index contributed by atoms with van der Waals surface area (Å²) in [6.45, 7) is 2.06. The highest BCUT2D eigenvalue weighted by atomic mass is 32.1. The van der Waals surface area contributed by atoms with Gasteiger partial charge < -0.3 is 9.15 Å². The van der Waals surface area contributed by atoms with E-state index in [4.69, 9.17) is 15.0 Å². The number of methoxy groups -OCH3 is 1. The molecule has 0 spiro atoms. The Labute approximate surface area is 121 Å². The van der Waals surface area contributed by atoms with Crippen LogP contribution in [0.2, 0.25) is 0 Å². The Morgan fingerprint density at radius 2 is 2.15 bits per heavy atom. The minimum Gasteiger partial charge on any atom is -0.496 e. The lowest BCUT2D eigenvalue weighted by molar-refractivity contribution is 0.415. The van der Waals surface area contributed by atoms with E-state index in [1.807, 2.05) is 29.6 Å². The Bertz CT molecular complexity index is 732. The summed E-state index contributed by atoms with van der Waals surface area (Å²) in [4.78, 5) is 1.06. The van der Waals surface area contributed by atoms with Crippen molar-refractivity contribution >= 4 is 22.3 Å². The molecule has 1 atom stereocenters. The van der Waals surface area contributed by atoms with Crippen LogP contribution in [-0.4, -0.2) is 7.11 Å². The van der Waals surface area contributed by atoms with E-state index >= 15 is 0 Å². The predicted octanol–water partition coefficient (Wildman–Crippen LogP) is 3.36. The van der Waals surface area contributed by atoms with Gasteiger partial charge >= 0.3 is 0 Å². The minimum absolute atomic E-state index is 0.170. The lowest BCUT2D eigenvalue weighted by Gasteiger charge is -2.10.